The Morgan fingerprint density at radius 1 is 1.40 bits per heavy atom. The van der Waals surface area contributed by atoms with Crippen molar-refractivity contribution in [3.8, 4) is 0 Å². The predicted molar refractivity (Wildman–Crippen MR) is 60.6 cm³/mol. The molecule has 1 fully saturated rings. The summed E-state index contributed by atoms with van der Waals surface area (Å²) in [6, 6.07) is 0. The molecular formula is C13H22O2. The van der Waals surface area contributed by atoms with Crippen molar-refractivity contribution in [1.82, 2.24) is 0 Å². The molecule has 0 amide bonds. The van der Waals surface area contributed by atoms with E-state index in [4.69, 9.17) is 4.74 Å². The zero-order valence-corrected chi connectivity index (χ0v) is 9.56. The fraction of sp³-hybridized carbons (Fsp3) is 0.846. The van der Waals surface area contributed by atoms with E-state index in [-0.39, 0.29) is 6.10 Å². The number of hydrogen-bond acceptors (Lipinski definition) is 2. The monoisotopic (exact) mass is 210 g/mol. The first-order valence-corrected chi connectivity index (χ1v) is 6.15. The van der Waals surface area contributed by atoms with Crippen LogP contribution < -0.4 is 0 Å². The highest BCUT2D eigenvalue weighted by Gasteiger charge is 2.36. The van der Waals surface area contributed by atoms with Gasteiger partial charge >= 0.3 is 0 Å². The largest absolute Gasteiger partial charge is 0.393 e. The number of hydrogen-bond donors (Lipinski definition) is 1. The summed E-state index contributed by atoms with van der Waals surface area (Å²) in [5.41, 5.74) is 0. The van der Waals surface area contributed by atoms with Crippen LogP contribution in [0, 0.1) is 17.8 Å². The number of ether oxygens (including phenoxy) is 1. The molecule has 4 unspecified atom stereocenters. The van der Waals surface area contributed by atoms with E-state index in [1.54, 1.807) is 7.11 Å². The molecule has 0 heterocycles. The summed E-state index contributed by atoms with van der Waals surface area (Å²) in [6.07, 6.45) is 10.1. The fourth-order valence-electron chi connectivity index (χ4n) is 3.10. The third-order valence-electron chi connectivity index (χ3n) is 3.88. The van der Waals surface area contributed by atoms with E-state index in [2.05, 4.69) is 12.2 Å². The summed E-state index contributed by atoms with van der Waals surface area (Å²) >= 11 is 0. The van der Waals surface area contributed by atoms with Gasteiger partial charge in [0.15, 0.2) is 0 Å². The van der Waals surface area contributed by atoms with Crippen molar-refractivity contribution in [1.29, 1.82) is 0 Å². The number of rotatable bonds is 6. The van der Waals surface area contributed by atoms with Crippen molar-refractivity contribution in [3.05, 3.63) is 12.2 Å². The van der Waals surface area contributed by atoms with Crippen LogP contribution in [0.5, 0.6) is 0 Å². The Kier molecular flexibility index (Phi) is 3.81. The molecule has 0 aromatic rings. The molecule has 2 rings (SSSR count). The van der Waals surface area contributed by atoms with Gasteiger partial charge in [-0.3, -0.25) is 0 Å². The first-order valence-electron chi connectivity index (χ1n) is 6.15. The topological polar surface area (TPSA) is 29.5 Å². The standard InChI is InChI=1S/C13H22O2/c1-15-6-2-3-13(14)9-12-8-10-4-5-11(12)7-10/h4-5,10-14H,2-3,6-9H2,1H3. The maximum atomic E-state index is 9.88. The van der Waals surface area contributed by atoms with Crippen molar-refractivity contribution in [2.45, 2.75) is 38.2 Å². The van der Waals surface area contributed by atoms with Crippen LogP contribution >= 0.6 is 0 Å². The van der Waals surface area contributed by atoms with Crippen molar-refractivity contribution in [2.75, 3.05) is 13.7 Å². The van der Waals surface area contributed by atoms with E-state index in [1.165, 1.54) is 12.8 Å². The molecule has 2 bridgehead atoms. The van der Waals surface area contributed by atoms with E-state index in [9.17, 15) is 5.11 Å². The molecule has 0 saturated heterocycles. The van der Waals surface area contributed by atoms with Crippen LogP contribution in [0.4, 0.5) is 0 Å². The molecule has 15 heavy (non-hydrogen) atoms. The van der Waals surface area contributed by atoms with Gasteiger partial charge in [0.05, 0.1) is 6.10 Å². The Hall–Kier alpha value is -0.340. The Balaban J connectivity index is 1.66. The van der Waals surface area contributed by atoms with Gasteiger partial charge in [0.1, 0.15) is 0 Å². The lowest BCUT2D eigenvalue weighted by atomic mass is 9.87. The fourth-order valence-corrected chi connectivity index (χ4v) is 3.10. The quantitative estimate of drug-likeness (QED) is 0.539. The Morgan fingerprint density at radius 3 is 2.87 bits per heavy atom. The molecule has 1 saturated carbocycles. The SMILES string of the molecule is COCCCC(O)CC1CC2C=CC1C2. The molecule has 1 N–H and O–H groups in total. The number of aliphatic hydroxyl groups is 1. The van der Waals surface area contributed by atoms with Gasteiger partial charge < -0.3 is 9.84 Å². The molecule has 2 aliphatic rings. The van der Waals surface area contributed by atoms with Crippen LogP contribution in [0.1, 0.15) is 32.1 Å². The third kappa shape index (κ3) is 2.82. The normalized spacial score (nSPS) is 34.9. The minimum atomic E-state index is -0.113. The summed E-state index contributed by atoms with van der Waals surface area (Å²) in [7, 11) is 1.72. The number of aliphatic hydroxyl groups excluding tert-OH is 1. The molecule has 0 radical (unpaired) electrons. The number of allylic oxidation sites excluding steroid dienone is 2. The number of methoxy groups -OCH3 is 1. The van der Waals surface area contributed by atoms with Gasteiger partial charge in [-0.05, 0) is 49.9 Å². The Morgan fingerprint density at radius 2 is 2.27 bits per heavy atom. The average Bonchev–Trinajstić information content (AvgIpc) is 2.79. The summed E-state index contributed by atoms with van der Waals surface area (Å²) in [5.74, 6) is 2.34. The first kappa shape index (κ1) is 11.2. The van der Waals surface area contributed by atoms with Gasteiger partial charge in [0.25, 0.3) is 0 Å². The summed E-state index contributed by atoms with van der Waals surface area (Å²) < 4.78 is 4.99. The highest BCUT2D eigenvalue weighted by Crippen LogP contribution is 2.45. The summed E-state index contributed by atoms with van der Waals surface area (Å²) in [4.78, 5) is 0. The molecule has 4 atom stereocenters. The van der Waals surface area contributed by atoms with Gasteiger partial charge in [0, 0.05) is 13.7 Å². The first-order chi connectivity index (χ1) is 7.29. The zero-order chi connectivity index (χ0) is 10.7. The smallest absolute Gasteiger partial charge is 0.0544 e. The van der Waals surface area contributed by atoms with Crippen LogP contribution in [-0.4, -0.2) is 24.9 Å². The molecule has 2 aliphatic carbocycles. The molecule has 0 aromatic carbocycles. The lowest BCUT2D eigenvalue weighted by molar-refractivity contribution is 0.108. The lowest BCUT2D eigenvalue weighted by Gasteiger charge is -2.21. The molecule has 2 heteroatoms. The van der Waals surface area contributed by atoms with Crippen molar-refractivity contribution in [3.63, 3.8) is 0 Å². The second-order valence-corrected chi connectivity index (χ2v) is 5.06. The van der Waals surface area contributed by atoms with Gasteiger partial charge in [-0.15, -0.1) is 0 Å². The molecule has 0 aromatic heterocycles. The number of fused-ring (bicyclic) bond motifs is 2. The average molecular weight is 210 g/mol. The van der Waals surface area contributed by atoms with Crippen molar-refractivity contribution >= 4 is 0 Å². The van der Waals surface area contributed by atoms with Crippen LogP contribution in [-0.2, 0) is 4.74 Å². The van der Waals surface area contributed by atoms with Crippen molar-refractivity contribution < 1.29 is 9.84 Å². The van der Waals surface area contributed by atoms with E-state index < -0.39 is 0 Å². The summed E-state index contributed by atoms with van der Waals surface area (Å²) in [5, 5.41) is 9.88. The van der Waals surface area contributed by atoms with Gasteiger partial charge in [0.2, 0.25) is 0 Å². The van der Waals surface area contributed by atoms with Crippen LogP contribution in [0.2, 0.25) is 0 Å². The minimum Gasteiger partial charge on any atom is -0.393 e. The van der Waals surface area contributed by atoms with E-state index >= 15 is 0 Å². The predicted octanol–water partition coefficient (Wildman–Crippen LogP) is 2.38. The zero-order valence-electron chi connectivity index (χ0n) is 9.56. The Bertz CT molecular complexity index is 225. The second-order valence-electron chi connectivity index (χ2n) is 5.06. The second kappa shape index (κ2) is 5.13. The van der Waals surface area contributed by atoms with E-state index in [0.717, 1.165) is 43.6 Å². The van der Waals surface area contributed by atoms with Crippen molar-refractivity contribution in [2.24, 2.45) is 17.8 Å². The molecule has 86 valence electrons. The van der Waals surface area contributed by atoms with Crippen LogP contribution in [0.3, 0.4) is 0 Å². The van der Waals surface area contributed by atoms with Crippen LogP contribution in [0.25, 0.3) is 0 Å². The summed E-state index contributed by atoms with van der Waals surface area (Å²) in [6.45, 7) is 0.772. The lowest BCUT2D eigenvalue weighted by Crippen LogP contribution is -2.17. The third-order valence-corrected chi connectivity index (χ3v) is 3.88. The molecule has 0 aliphatic heterocycles. The maximum absolute atomic E-state index is 9.88. The van der Waals surface area contributed by atoms with E-state index in [1.807, 2.05) is 0 Å². The molecule has 0 spiro atoms. The minimum absolute atomic E-state index is 0.113. The van der Waals surface area contributed by atoms with Gasteiger partial charge in [-0.1, -0.05) is 12.2 Å². The van der Waals surface area contributed by atoms with Crippen LogP contribution in [0.15, 0.2) is 12.2 Å². The maximum Gasteiger partial charge on any atom is 0.0544 e. The van der Waals surface area contributed by atoms with E-state index in [0.29, 0.717) is 0 Å². The van der Waals surface area contributed by atoms with Gasteiger partial charge in [-0.2, -0.15) is 0 Å². The highest BCUT2D eigenvalue weighted by molar-refractivity contribution is 5.10. The molecule has 2 nitrogen and oxygen atoms in total. The highest BCUT2D eigenvalue weighted by atomic mass is 16.5. The van der Waals surface area contributed by atoms with Gasteiger partial charge in [-0.25, -0.2) is 0 Å². The Labute approximate surface area is 92.3 Å². The molecular weight excluding hydrogens is 188 g/mol.